The van der Waals surface area contributed by atoms with Gasteiger partial charge in [0.05, 0.1) is 0 Å². The molecule has 1 unspecified atom stereocenters. The molecule has 4 nitrogen and oxygen atoms in total. The fourth-order valence-corrected chi connectivity index (χ4v) is 2.20. The Hall–Kier alpha value is -1.84. The lowest BCUT2D eigenvalue weighted by atomic mass is 10.0. The number of carboxylic acid groups (broad SMARTS) is 1. The van der Waals surface area contributed by atoms with Gasteiger partial charge in [-0.25, -0.2) is 0 Å². The first-order chi connectivity index (χ1) is 9.99. The molecule has 2 N–H and O–H groups in total. The number of hydrogen-bond donors (Lipinski definition) is 2. The molecule has 0 bridgehead atoms. The summed E-state index contributed by atoms with van der Waals surface area (Å²) in [7, 11) is 0. The van der Waals surface area contributed by atoms with E-state index < -0.39 is 5.97 Å². The maximum Gasteiger partial charge on any atom is 0.303 e. The van der Waals surface area contributed by atoms with Crippen LogP contribution >= 0.6 is 0 Å². The van der Waals surface area contributed by atoms with Gasteiger partial charge < -0.3 is 10.4 Å². The van der Waals surface area contributed by atoms with Crippen LogP contribution < -0.4 is 5.32 Å². The third-order valence-corrected chi connectivity index (χ3v) is 3.69. The first-order valence-corrected chi connectivity index (χ1v) is 7.52. The second-order valence-corrected chi connectivity index (χ2v) is 5.60. The fourth-order valence-electron chi connectivity index (χ4n) is 2.20. The first kappa shape index (κ1) is 17.2. The average Bonchev–Trinajstić information content (AvgIpc) is 2.44. The van der Waals surface area contributed by atoms with Gasteiger partial charge in [0.1, 0.15) is 0 Å². The lowest BCUT2D eigenvalue weighted by Crippen LogP contribution is -2.26. The third-order valence-electron chi connectivity index (χ3n) is 3.69. The van der Waals surface area contributed by atoms with Gasteiger partial charge in [0.25, 0.3) is 0 Å². The number of amides is 1. The van der Waals surface area contributed by atoms with Gasteiger partial charge in [-0.15, -0.1) is 0 Å². The highest BCUT2D eigenvalue weighted by atomic mass is 16.4. The van der Waals surface area contributed by atoms with Crippen molar-refractivity contribution in [3.05, 3.63) is 35.4 Å². The maximum absolute atomic E-state index is 11.8. The van der Waals surface area contributed by atoms with Crippen LogP contribution in [0.1, 0.15) is 43.7 Å². The molecule has 0 spiro atoms. The Kier molecular flexibility index (Phi) is 7.51. The lowest BCUT2D eigenvalue weighted by molar-refractivity contribution is -0.137. The normalized spacial score (nSPS) is 11.9. The third kappa shape index (κ3) is 7.49. The maximum atomic E-state index is 11.8. The number of aliphatic carboxylic acids is 1. The molecule has 1 atom stereocenters. The Bertz CT molecular complexity index is 471. The summed E-state index contributed by atoms with van der Waals surface area (Å²) in [6.45, 7) is 4.69. The molecule has 1 aromatic rings. The van der Waals surface area contributed by atoms with Crippen molar-refractivity contribution in [2.24, 2.45) is 5.92 Å². The zero-order valence-corrected chi connectivity index (χ0v) is 12.9. The first-order valence-electron chi connectivity index (χ1n) is 7.52. The molecule has 0 aliphatic rings. The van der Waals surface area contributed by atoms with Gasteiger partial charge in [0.2, 0.25) is 5.91 Å². The number of hydrogen-bond acceptors (Lipinski definition) is 2. The summed E-state index contributed by atoms with van der Waals surface area (Å²) in [6, 6.07) is 8.09. The molecule has 116 valence electrons. The summed E-state index contributed by atoms with van der Waals surface area (Å²) in [6.07, 6.45) is 2.93. The zero-order valence-electron chi connectivity index (χ0n) is 12.9. The number of rotatable bonds is 9. The second kappa shape index (κ2) is 9.16. The predicted molar refractivity (Wildman–Crippen MR) is 83.2 cm³/mol. The van der Waals surface area contributed by atoms with E-state index in [9.17, 15) is 9.59 Å². The van der Waals surface area contributed by atoms with Gasteiger partial charge in [-0.05, 0) is 43.2 Å². The Morgan fingerprint density at radius 2 is 1.90 bits per heavy atom. The van der Waals surface area contributed by atoms with E-state index in [1.807, 2.05) is 19.1 Å². The summed E-state index contributed by atoms with van der Waals surface area (Å²) < 4.78 is 0. The highest BCUT2D eigenvalue weighted by molar-refractivity contribution is 5.76. The van der Waals surface area contributed by atoms with Gasteiger partial charge in [-0.3, -0.25) is 9.59 Å². The summed E-state index contributed by atoms with van der Waals surface area (Å²) >= 11 is 0. The SMILES string of the molecule is Cc1ccccc1CCC(=O)NCCC(C)CCC(=O)O. The molecule has 0 aliphatic heterocycles. The molecule has 1 rings (SSSR count). The molecule has 4 heteroatoms. The van der Waals surface area contributed by atoms with E-state index in [1.165, 1.54) is 11.1 Å². The standard InChI is InChI=1S/C17H25NO3/c1-13(7-10-17(20)21)11-12-18-16(19)9-8-15-6-4-3-5-14(15)2/h3-6,13H,7-12H2,1-2H3,(H,18,19)(H,20,21). The summed E-state index contributed by atoms with van der Waals surface area (Å²) in [5, 5.41) is 11.5. The number of carboxylic acids is 1. The Balaban J connectivity index is 2.17. The van der Waals surface area contributed by atoms with Crippen molar-refractivity contribution in [3.63, 3.8) is 0 Å². The van der Waals surface area contributed by atoms with Crippen molar-refractivity contribution < 1.29 is 14.7 Å². The monoisotopic (exact) mass is 291 g/mol. The summed E-state index contributed by atoms with van der Waals surface area (Å²) in [5.74, 6) is -0.384. The van der Waals surface area contributed by atoms with Crippen LogP contribution in [0.3, 0.4) is 0 Å². The summed E-state index contributed by atoms with van der Waals surface area (Å²) in [4.78, 5) is 22.2. The van der Waals surface area contributed by atoms with Crippen LogP contribution in [0.25, 0.3) is 0 Å². The minimum absolute atomic E-state index is 0.0590. The minimum Gasteiger partial charge on any atom is -0.481 e. The average molecular weight is 291 g/mol. The van der Waals surface area contributed by atoms with Crippen molar-refractivity contribution in [2.75, 3.05) is 6.54 Å². The van der Waals surface area contributed by atoms with Gasteiger partial charge >= 0.3 is 5.97 Å². The van der Waals surface area contributed by atoms with E-state index in [-0.39, 0.29) is 12.3 Å². The van der Waals surface area contributed by atoms with E-state index in [2.05, 4.69) is 24.4 Å². The molecule has 0 saturated heterocycles. The van der Waals surface area contributed by atoms with Crippen molar-refractivity contribution >= 4 is 11.9 Å². The number of nitrogens with one attached hydrogen (secondary N) is 1. The molecule has 0 aliphatic carbocycles. The highest BCUT2D eigenvalue weighted by Crippen LogP contribution is 2.10. The van der Waals surface area contributed by atoms with Gasteiger partial charge in [-0.1, -0.05) is 31.2 Å². The van der Waals surface area contributed by atoms with Crippen molar-refractivity contribution in [1.82, 2.24) is 5.32 Å². The molecular formula is C17H25NO3. The molecule has 0 aromatic heterocycles. The smallest absolute Gasteiger partial charge is 0.303 e. The van der Waals surface area contributed by atoms with Crippen LogP contribution in [-0.4, -0.2) is 23.5 Å². The van der Waals surface area contributed by atoms with Crippen LogP contribution in [-0.2, 0) is 16.0 Å². The molecule has 0 fully saturated rings. The summed E-state index contributed by atoms with van der Waals surface area (Å²) in [5.41, 5.74) is 2.43. The largest absolute Gasteiger partial charge is 0.481 e. The van der Waals surface area contributed by atoms with Crippen molar-refractivity contribution in [3.8, 4) is 0 Å². The predicted octanol–water partition coefficient (Wildman–Crippen LogP) is 2.93. The van der Waals surface area contributed by atoms with Crippen LogP contribution in [0.15, 0.2) is 24.3 Å². The second-order valence-electron chi connectivity index (χ2n) is 5.60. The molecular weight excluding hydrogens is 266 g/mol. The molecule has 0 saturated carbocycles. The molecule has 0 heterocycles. The number of benzene rings is 1. The fraction of sp³-hybridized carbons (Fsp3) is 0.529. The molecule has 1 amide bonds. The zero-order chi connectivity index (χ0) is 15.7. The van der Waals surface area contributed by atoms with Crippen LogP contribution in [0, 0.1) is 12.8 Å². The Morgan fingerprint density at radius 3 is 2.57 bits per heavy atom. The molecule has 21 heavy (non-hydrogen) atoms. The van der Waals surface area contributed by atoms with E-state index in [0.29, 0.717) is 25.3 Å². The highest BCUT2D eigenvalue weighted by Gasteiger charge is 2.07. The van der Waals surface area contributed by atoms with E-state index in [4.69, 9.17) is 5.11 Å². The minimum atomic E-state index is -0.760. The molecule has 1 aromatic carbocycles. The Morgan fingerprint density at radius 1 is 1.19 bits per heavy atom. The topological polar surface area (TPSA) is 66.4 Å². The van der Waals surface area contributed by atoms with Crippen LogP contribution in [0.2, 0.25) is 0 Å². The number of aryl methyl sites for hydroxylation is 2. The number of carbonyl (C=O) groups excluding carboxylic acids is 1. The Labute approximate surface area is 126 Å². The lowest BCUT2D eigenvalue weighted by Gasteiger charge is -2.11. The van der Waals surface area contributed by atoms with Crippen LogP contribution in [0.4, 0.5) is 0 Å². The van der Waals surface area contributed by atoms with Crippen molar-refractivity contribution in [2.45, 2.75) is 46.0 Å². The van der Waals surface area contributed by atoms with E-state index in [0.717, 1.165) is 12.8 Å². The van der Waals surface area contributed by atoms with E-state index >= 15 is 0 Å². The van der Waals surface area contributed by atoms with E-state index in [1.54, 1.807) is 0 Å². The quantitative estimate of drug-likeness (QED) is 0.735. The van der Waals surface area contributed by atoms with Gasteiger partial charge in [0, 0.05) is 19.4 Å². The van der Waals surface area contributed by atoms with Crippen molar-refractivity contribution in [1.29, 1.82) is 0 Å². The van der Waals surface area contributed by atoms with Gasteiger partial charge in [0.15, 0.2) is 0 Å². The molecule has 0 radical (unpaired) electrons. The number of carbonyl (C=O) groups is 2. The van der Waals surface area contributed by atoms with Crippen LogP contribution in [0.5, 0.6) is 0 Å². The van der Waals surface area contributed by atoms with Gasteiger partial charge in [-0.2, -0.15) is 0 Å².